The summed E-state index contributed by atoms with van der Waals surface area (Å²) in [6.07, 6.45) is 2.47. The van der Waals surface area contributed by atoms with E-state index < -0.39 is 5.92 Å². The summed E-state index contributed by atoms with van der Waals surface area (Å²) in [5, 5.41) is 4.97. The monoisotopic (exact) mass is 394 g/mol. The van der Waals surface area contributed by atoms with E-state index in [-0.39, 0.29) is 24.3 Å². The molecule has 3 heterocycles. The van der Waals surface area contributed by atoms with Gasteiger partial charge in [0, 0.05) is 30.0 Å². The number of thiophene rings is 1. The van der Waals surface area contributed by atoms with E-state index in [1.54, 1.807) is 22.5 Å². The Balaban J connectivity index is 1.55. The van der Waals surface area contributed by atoms with E-state index in [1.165, 1.54) is 0 Å². The molecule has 2 unspecified atom stereocenters. The van der Waals surface area contributed by atoms with Crippen molar-refractivity contribution in [1.29, 1.82) is 0 Å². The highest BCUT2D eigenvalue weighted by Crippen LogP contribution is 2.43. The third-order valence-electron chi connectivity index (χ3n) is 5.06. The highest BCUT2D eigenvalue weighted by Gasteiger charge is 2.45. The van der Waals surface area contributed by atoms with E-state index in [0.717, 1.165) is 21.9 Å². The highest BCUT2D eigenvalue weighted by atomic mass is 32.1. The van der Waals surface area contributed by atoms with Crippen molar-refractivity contribution in [2.45, 2.75) is 25.8 Å². The Bertz CT molecular complexity index is 933. The molecule has 5 nitrogen and oxygen atoms in total. The zero-order valence-corrected chi connectivity index (χ0v) is 16.4. The van der Waals surface area contributed by atoms with Crippen LogP contribution in [0.5, 0.6) is 0 Å². The third-order valence-corrected chi connectivity index (χ3v) is 6.00. The summed E-state index contributed by atoms with van der Waals surface area (Å²) in [5.74, 6) is 0.310. The number of hydrogen-bond acceptors (Lipinski definition) is 4. The highest BCUT2D eigenvalue weighted by molar-refractivity contribution is 7.10. The lowest BCUT2D eigenvalue weighted by Gasteiger charge is -2.27. The van der Waals surface area contributed by atoms with Crippen LogP contribution in [0.15, 0.2) is 64.6 Å². The van der Waals surface area contributed by atoms with Gasteiger partial charge in [0.05, 0.1) is 18.2 Å². The van der Waals surface area contributed by atoms with Gasteiger partial charge in [-0.15, -0.1) is 11.3 Å². The number of nitrogens with one attached hydrogen (secondary N) is 1. The molecule has 6 heteroatoms. The van der Waals surface area contributed by atoms with E-state index in [4.69, 9.17) is 4.42 Å². The summed E-state index contributed by atoms with van der Waals surface area (Å²) in [5.41, 5.74) is 1.97. The Morgan fingerprint density at radius 1 is 1.21 bits per heavy atom. The Morgan fingerprint density at radius 3 is 2.71 bits per heavy atom. The number of benzene rings is 1. The van der Waals surface area contributed by atoms with Gasteiger partial charge in [-0.25, -0.2) is 0 Å². The van der Waals surface area contributed by atoms with Gasteiger partial charge in [-0.05, 0) is 42.6 Å². The smallest absolute Gasteiger partial charge is 0.228 e. The number of nitrogens with zero attached hydrogens (tertiary/aromatic N) is 1. The Kier molecular flexibility index (Phi) is 5.30. The fourth-order valence-corrected chi connectivity index (χ4v) is 4.54. The van der Waals surface area contributed by atoms with Gasteiger partial charge in [-0.2, -0.15) is 0 Å². The van der Waals surface area contributed by atoms with Crippen molar-refractivity contribution in [1.82, 2.24) is 5.32 Å². The number of rotatable bonds is 6. The van der Waals surface area contributed by atoms with Crippen molar-refractivity contribution in [3.8, 4) is 0 Å². The van der Waals surface area contributed by atoms with Crippen molar-refractivity contribution in [2.24, 2.45) is 5.92 Å². The molecule has 1 aliphatic heterocycles. The summed E-state index contributed by atoms with van der Waals surface area (Å²) < 4.78 is 5.31. The number of anilines is 1. The summed E-state index contributed by atoms with van der Waals surface area (Å²) in [4.78, 5) is 28.6. The average molecular weight is 394 g/mol. The molecule has 0 radical (unpaired) electrons. The first-order chi connectivity index (χ1) is 13.6. The maximum Gasteiger partial charge on any atom is 0.228 e. The van der Waals surface area contributed by atoms with E-state index in [9.17, 15) is 9.59 Å². The van der Waals surface area contributed by atoms with Crippen molar-refractivity contribution >= 4 is 28.8 Å². The molecule has 28 heavy (non-hydrogen) atoms. The van der Waals surface area contributed by atoms with Gasteiger partial charge in [0.1, 0.15) is 5.76 Å². The third kappa shape index (κ3) is 3.73. The number of aryl methyl sites for hydroxylation is 1. The molecule has 3 aromatic rings. The topological polar surface area (TPSA) is 62.6 Å². The lowest BCUT2D eigenvalue weighted by atomic mass is 9.97. The van der Waals surface area contributed by atoms with E-state index in [2.05, 4.69) is 5.32 Å². The number of carbonyl (C=O) groups excluding carboxylic acids is 2. The van der Waals surface area contributed by atoms with Gasteiger partial charge in [0.15, 0.2) is 0 Å². The Hall–Kier alpha value is -2.86. The number of hydrogen-bond donors (Lipinski definition) is 1. The minimum atomic E-state index is -0.413. The fourth-order valence-electron chi connectivity index (χ4n) is 3.66. The lowest BCUT2D eigenvalue weighted by Crippen LogP contribution is -2.36. The van der Waals surface area contributed by atoms with Crippen LogP contribution in [0.3, 0.4) is 0 Å². The van der Waals surface area contributed by atoms with Crippen LogP contribution in [0.4, 0.5) is 5.69 Å². The molecule has 1 N–H and O–H groups in total. The van der Waals surface area contributed by atoms with Crippen LogP contribution >= 0.6 is 11.3 Å². The predicted octanol–water partition coefficient (Wildman–Crippen LogP) is 4.10. The molecular formula is C22H22N2O3S. The van der Waals surface area contributed by atoms with Crippen LogP contribution in [0.25, 0.3) is 0 Å². The molecule has 2 atom stereocenters. The molecule has 0 saturated carbocycles. The van der Waals surface area contributed by atoms with Crippen LogP contribution in [0.2, 0.25) is 0 Å². The molecular weight excluding hydrogens is 372 g/mol. The van der Waals surface area contributed by atoms with Gasteiger partial charge in [0.25, 0.3) is 0 Å². The fraction of sp³-hybridized carbons (Fsp3) is 0.273. The Morgan fingerprint density at radius 2 is 2.04 bits per heavy atom. The molecule has 4 rings (SSSR count). The zero-order valence-electron chi connectivity index (χ0n) is 15.6. The van der Waals surface area contributed by atoms with Gasteiger partial charge in [-0.3, -0.25) is 9.59 Å². The maximum absolute atomic E-state index is 12.9. The second kappa shape index (κ2) is 8.02. The first-order valence-corrected chi connectivity index (χ1v) is 10.2. The second-order valence-electron chi connectivity index (χ2n) is 6.99. The number of amides is 2. The molecule has 1 aliphatic rings. The van der Waals surface area contributed by atoms with Crippen LogP contribution in [-0.2, 0) is 16.0 Å². The minimum Gasteiger partial charge on any atom is -0.469 e. The van der Waals surface area contributed by atoms with Crippen molar-refractivity contribution in [3.05, 3.63) is 76.4 Å². The first-order valence-electron chi connectivity index (χ1n) is 9.35. The Labute approximate surface area is 168 Å². The van der Waals surface area contributed by atoms with Gasteiger partial charge in [0.2, 0.25) is 11.8 Å². The van der Waals surface area contributed by atoms with Gasteiger partial charge < -0.3 is 14.6 Å². The van der Waals surface area contributed by atoms with Crippen LogP contribution in [-0.4, -0.2) is 18.4 Å². The molecule has 144 valence electrons. The van der Waals surface area contributed by atoms with Crippen LogP contribution < -0.4 is 10.2 Å². The van der Waals surface area contributed by atoms with E-state index >= 15 is 0 Å². The maximum atomic E-state index is 12.9. The van der Waals surface area contributed by atoms with Crippen molar-refractivity contribution < 1.29 is 14.0 Å². The molecule has 1 saturated heterocycles. The standard InChI is InChI=1S/C22H22N2O3S/c1-15-6-8-16(9-7-15)24-20(25)14-18(21(24)19-5-3-13-28-19)22(26)23-11-10-17-4-2-12-27-17/h2-9,12-13,18,21H,10-11,14H2,1H3,(H,23,26). The van der Waals surface area contributed by atoms with E-state index in [1.807, 2.05) is 60.8 Å². The molecule has 0 aliphatic carbocycles. The zero-order chi connectivity index (χ0) is 19.5. The molecule has 2 aromatic heterocycles. The van der Waals surface area contributed by atoms with Gasteiger partial charge in [-0.1, -0.05) is 23.8 Å². The van der Waals surface area contributed by atoms with Gasteiger partial charge >= 0.3 is 0 Å². The van der Waals surface area contributed by atoms with Crippen molar-refractivity contribution in [2.75, 3.05) is 11.4 Å². The SMILES string of the molecule is Cc1ccc(N2C(=O)CC(C(=O)NCCc3ccco3)C2c2cccs2)cc1. The number of carbonyl (C=O) groups is 2. The molecule has 1 fully saturated rings. The minimum absolute atomic E-state index is 0.0200. The summed E-state index contributed by atoms with van der Waals surface area (Å²) in [6, 6.07) is 15.3. The molecule has 0 bridgehead atoms. The normalized spacial score (nSPS) is 19.2. The van der Waals surface area contributed by atoms with Crippen molar-refractivity contribution in [3.63, 3.8) is 0 Å². The summed E-state index contributed by atoms with van der Waals surface area (Å²) >= 11 is 1.58. The lowest BCUT2D eigenvalue weighted by molar-refractivity contribution is -0.126. The van der Waals surface area contributed by atoms with Crippen LogP contribution in [0.1, 0.15) is 28.7 Å². The summed E-state index contributed by atoms with van der Waals surface area (Å²) in [6.45, 7) is 2.50. The van der Waals surface area contributed by atoms with E-state index in [0.29, 0.717) is 13.0 Å². The summed E-state index contributed by atoms with van der Waals surface area (Å²) in [7, 11) is 0. The molecule has 2 amide bonds. The largest absolute Gasteiger partial charge is 0.469 e. The number of furan rings is 1. The average Bonchev–Trinajstić information content (AvgIpc) is 3.43. The quantitative estimate of drug-likeness (QED) is 0.685. The predicted molar refractivity (Wildman–Crippen MR) is 109 cm³/mol. The van der Waals surface area contributed by atoms with Crippen LogP contribution in [0, 0.1) is 12.8 Å². The molecule has 0 spiro atoms. The molecule has 1 aromatic carbocycles. The first kappa shape index (κ1) is 18.5. The second-order valence-corrected chi connectivity index (χ2v) is 7.97.